The molecule has 1 atom stereocenters. The van der Waals surface area contributed by atoms with Gasteiger partial charge in [0, 0.05) is 13.7 Å². The minimum absolute atomic E-state index is 0.0581. The van der Waals surface area contributed by atoms with E-state index in [1.807, 2.05) is 6.92 Å². The zero-order valence-electron chi connectivity index (χ0n) is 9.01. The lowest BCUT2D eigenvalue weighted by molar-refractivity contribution is -0.122. The number of carbonyl (C=O) groups is 1. The summed E-state index contributed by atoms with van der Waals surface area (Å²) in [5.41, 5.74) is 0. The Kier molecular flexibility index (Phi) is 4.90. The summed E-state index contributed by atoms with van der Waals surface area (Å²) in [6.45, 7) is 4.02. The maximum atomic E-state index is 11.4. The van der Waals surface area contributed by atoms with E-state index in [4.69, 9.17) is 4.74 Å². The molecule has 82 valence electrons. The van der Waals surface area contributed by atoms with Gasteiger partial charge in [-0.3, -0.25) is 4.79 Å². The Labute approximate surface area is 85.4 Å². The normalized spacial score (nSPS) is 17.9. The summed E-state index contributed by atoms with van der Waals surface area (Å²) in [6.07, 6.45) is 2.62. The van der Waals surface area contributed by atoms with Crippen LogP contribution in [0.1, 0.15) is 19.8 Å². The molecule has 0 heterocycles. The van der Waals surface area contributed by atoms with Crippen LogP contribution in [0.5, 0.6) is 0 Å². The highest BCUT2D eigenvalue weighted by molar-refractivity contribution is 5.81. The minimum atomic E-state index is -0.0903. The SMILES string of the molecule is COCCNC(=O)C(C)NCC1CC1. The Balaban J connectivity index is 2.02. The molecule has 1 amide bonds. The van der Waals surface area contributed by atoms with Crippen LogP contribution in [0, 0.1) is 5.92 Å². The van der Waals surface area contributed by atoms with E-state index < -0.39 is 0 Å². The molecule has 1 rings (SSSR count). The molecule has 1 unspecified atom stereocenters. The summed E-state index contributed by atoms with van der Waals surface area (Å²) in [6, 6.07) is -0.0903. The summed E-state index contributed by atoms with van der Waals surface area (Å²) in [7, 11) is 1.63. The molecular formula is C10H20N2O2. The van der Waals surface area contributed by atoms with E-state index in [2.05, 4.69) is 10.6 Å². The van der Waals surface area contributed by atoms with E-state index in [-0.39, 0.29) is 11.9 Å². The van der Waals surface area contributed by atoms with Gasteiger partial charge in [0.25, 0.3) is 0 Å². The maximum absolute atomic E-state index is 11.4. The van der Waals surface area contributed by atoms with Crippen molar-refractivity contribution in [3.8, 4) is 0 Å². The van der Waals surface area contributed by atoms with E-state index in [1.54, 1.807) is 7.11 Å². The van der Waals surface area contributed by atoms with E-state index >= 15 is 0 Å². The molecule has 0 spiro atoms. The standard InChI is InChI=1S/C10H20N2O2/c1-8(12-7-9-3-4-9)10(13)11-5-6-14-2/h8-9,12H,3-7H2,1-2H3,(H,11,13). The van der Waals surface area contributed by atoms with Gasteiger partial charge >= 0.3 is 0 Å². The number of ether oxygens (including phenoxy) is 1. The minimum Gasteiger partial charge on any atom is -0.383 e. The molecule has 1 saturated carbocycles. The molecule has 2 N–H and O–H groups in total. The second-order valence-corrected chi connectivity index (χ2v) is 3.86. The zero-order chi connectivity index (χ0) is 10.4. The number of nitrogens with one attached hydrogen (secondary N) is 2. The molecule has 0 aromatic rings. The van der Waals surface area contributed by atoms with Crippen LogP contribution in [0.4, 0.5) is 0 Å². The van der Waals surface area contributed by atoms with Crippen LogP contribution in [-0.4, -0.2) is 38.8 Å². The van der Waals surface area contributed by atoms with E-state index in [1.165, 1.54) is 12.8 Å². The lowest BCUT2D eigenvalue weighted by Gasteiger charge is -2.13. The van der Waals surface area contributed by atoms with E-state index in [0.29, 0.717) is 13.2 Å². The quantitative estimate of drug-likeness (QED) is 0.575. The van der Waals surface area contributed by atoms with Crippen molar-refractivity contribution in [2.45, 2.75) is 25.8 Å². The van der Waals surface area contributed by atoms with Crippen LogP contribution >= 0.6 is 0 Å². The monoisotopic (exact) mass is 200 g/mol. The highest BCUT2D eigenvalue weighted by atomic mass is 16.5. The first-order valence-electron chi connectivity index (χ1n) is 5.24. The first kappa shape index (κ1) is 11.5. The summed E-state index contributed by atoms with van der Waals surface area (Å²) in [4.78, 5) is 11.4. The largest absolute Gasteiger partial charge is 0.383 e. The second-order valence-electron chi connectivity index (χ2n) is 3.86. The fourth-order valence-corrected chi connectivity index (χ4v) is 1.19. The fourth-order valence-electron chi connectivity index (χ4n) is 1.19. The molecule has 14 heavy (non-hydrogen) atoms. The number of amides is 1. The van der Waals surface area contributed by atoms with Crippen molar-refractivity contribution in [3.63, 3.8) is 0 Å². The first-order chi connectivity index (χ1) is 6.74. The van der Waals surface area contributed by atoms with Crippen LogP contribution in [0.15, 0.2) is 0 Å². The number of hydrogen-bond donors (Lipinski definition) is 2. The third kappa shape index (κ3) is 4.58. The Morgan fingerprint density at radius 3 is 2.86 bits per heavy atom. The van der Waals surface area contributed by atoms with Gasteiger partial charge in [-0.2, -0.15) is 0 Å². The highest BCUT2D eigenvalue weighted by Gasteiger charge is 2.22. The Hall–Kier alpha value is -0.610. The molecule has 1 aliphatic carbocycles. The van der Waals surface area contributed by atoms with Crippen molar-refractivity contribution in [2.24, 2.45) is 5.92 Å². The maximum Gasteiger partial charge on any atom is 0.236 e. The average Bonchev–Trinajstić information content (AvgIpc) is 2.98. The van der Waals surface area contributed by atoms with Gasteiger partial charge in [0.05, 0.1) is 12.6 Å². The highest BCUT2D eigenvalue weighted by Crippen LogP contribution is 2.27. The molecule has 0 aromatic heterocycles. The van der Waals surface area contributed by atoms with Gasteiger partial charge in [-0.15, -0.1) is 0 Å². The Morgan fingerprint density at radius 2 is 2.29 bits per heavy atom. The van der Waals surface area contributed by atoms with Crippen molar-refractivity contribution in [1.29, 1.82) is 0 Å². The third-order valence-electron chi connectivity index (χ3n) is 2.41. The van der Waals surface area contributed by atoms with Crippen molar-refractivity contribution in [1.82, 2.24) is 10.6 Å². The van der Waals surface area contributed by atoms with Gasteiger partial charge < -0.3 is 15.4 Å². The van der Waals surface area contributed by atoms with Crippen molar-refractivity contribution in [3.05, 3.63) is 0 Å². The molecule has 0 bridgehead atoms. The topological polar surface area (TPSA) is 50.4 Å². The van der Waals surface area contributed by atoms with Crippen molar-refractivity contribution in [2.75, 3.05) is 26.8 Å². The lowest BCUT2D eigenvalue weighted by Crippen LogP contribution is -2.43. The zero-order valence-corrected chi connectivity index (χ0v) is 9.01. The smallest absolute Gasteiger partial charge is 0.236 e. The first-order valence-corrected chi connectivity index (χ1v) is 5.24. The fraction of sp³-hybridized carbons (Fsp3) is 0.900. The Bertz CT molecular complexity index is 181. The van der Waals surface area contributed by atoms with E-state index in [0.717, 1.165) is 12.5 Å². The van der Waals surface area contributed by atoms with Crippen molar-refractivity contribution < 1.29 is 9.53 Å². The van der Waals surface area contributed by atoms with Gasteiger partial charge in [-0.05, 0) is 32.2 Å². The van der Waals surface area contributed by atoms with Gasteiger partial charge in [-0.1, -0.05) is 0 Å². The number of carbonyl (C=O) groups excluding carboxylic acids is 1. The summed E-state index contributed by atoms with van der Waals surface area (Å²) in [5.74, 6) is 0.868. The van der Waals surface area contributed by atoms with Crippen molar-refractivity contribution >= 4 is 5.91 Å². The van der Waals surface area contributed by atoms with Crippen LogP contribution in [0.2, 0.25) is 0 Å². The van der Waals surface area contributed by atoms with Crippen LogP contribution in [0.3, 0.4) is 0 Å². The number of methoxy groups -OCH3 is 1. The number of hydrogen-bond acceptors (Lipinski definition) is 3. The van der Waals surface area contributed by atoms with Crippen LogP contribution in [0.25, 0.3) is 0 Å². The molecule has 0 radical (unpaired) electrons. The summed E-state index contributed by atoms with van der Waals surface area (Å²) < 4.78 is 4.85. The molecule has 0 aliphatic heterocycles. The van der Waals surface area contributed by atoms with Gasteiger partial charge in [-0.25, -0.2) is 0 Å². The summed E-state index contributed by atoms with van der Waals surface area (Å²) in [5, 5.41) is 6.02. The van der Waals surface area contributed by atoms with Crippen LogP contribution < -0.4 is 10.6 Å². The molecule has 4 nitrogen and oxygen atoms in total. The second kappa shape index (κ2) is 5.98. The predicted octanol–water partition coefficient (Wildman–Crippen LogP) is 0.137. The predicted molar refractivity (Wildman–Crippen MR) is 55.1 cm³/mol. The molecule has 0 saturated heterocycles. The lowest BCUT2D eigenvalue weighted by atomic mass is 10.3. The molecule has 4 heteroatoms. The Morgan fingerprint density at radius 1 is 1.57 bits per heavy atom. The number of rotatable bonds is 7. The van der Waals surface area contributed by atoms with Gasteiger partial charge in [0.2, 0.25) is 5.91 Å². The molecular weight excluding hydrogens is 180 g/mol. The molecule has 1 aliphatic rings. The van der Waals surface area contributed by atoms with E-state index in [9.17, 15) is 4.79 Å². The molecule has 1 fully saturated rings. The third-order valence-corrected chi connectivity index (χ3v) is 2.41. The molecule has 0 aromatic carbocycles. The van der Waals surface area contributed by atoms with Gasteiger partial charge in [0.1, 0.15) is 0 Å². The summed E-state index contributed by atoms with van der Waals surface area (Å²) >= 11 is 0. The van der Waals surface area contributed by atoms with Gasteiger partial charge in [0.15, 0.2) is 0 Å². The average molecular weight is 200 g/mol. The van der Waals surface area contributed by atoms with Crippen LogP contribution in [-0.2, 0) is 9.53 Å².